The van der Waals surface area contributed by atoms with E-state index in [0.717, 1.165) is 5.57 Å². The van der Waals surface area contributed by atoms with E-state index >= 15 is 0 Å². The Labute approximate surface area is 155 Å². The van der Waals surface area contributed by atoms with Crippen molar-refractivity contribution in [1.82, 2.24) is 0 Å². The first-order valence-electron chi connectivity index (χ1n) is 9.56. The Morgan fingerprint density at radius 2 is 1.81 bits per heavy atom. The van der Waals surface area contributed by atoms with E-state index in [-0.39, 0.29) is 48.1 Å². The van der Waals surface area contributed by atoms with Gasteiger partial charge in [-0.1, -0.05) is 34.6 Å². The summed E-state index contributed by atoms with van der Waals surface area (Å²) in [6.45, 7) is 9.93. The van der Waals surface area contributed by atoms with E-state index in [1.807, 2.05) is 34.6 Å². The van der Waals surface area contributed by atoms with Gasteiger partial charge in [0.25, 0.3) is 0 Å². The highest BCUT2D eigenvalue weighted by Gasteiger charge is 2.50. The lowest BCUT2D eigenvalue weighted by Crippen LogP contribution is -2.39. The SMILES string of the molecule is CC(C)CC(=O)OCC1=CO[C@H](OC(=O)CC(C)C)[C@H]2[C@H](C)[C@H](O)C[C@@H]12. The minimum atomic E-state index is -0.700. The molecule has 5 atom stereocenters. The first kappa shape index (κ1) is 20.7. The third-order valence-corrected chi connectivity index (χ3v) is 5.12. The van der Waals surface area contributed by atoms with E-state index in [2.05, 4.69) is 0 Å². The normalized spacial score (nSPS) is 30.6. The van der Waals surface area contributed by atoms with Gasteiger partial charge in [-0.2, -0.15) is 0 Å². The molecule has 0 radical (unpaired) electrons. The van der Waals surface area contributed by atoms with E-state index in [4.69, 9.17) is 14.2 Å². The fraction of sp³-hybridized carbons (Fsp3) is 0.800. The molecule has 0 spiro atoms. The van der Waals surface area contributed by atoms with Crippen LogP contribution in [0.2, 0.25) is 0 Å². The van der Waals surface area contributed by atoms with Crippen LogP contribution < -0.4 is 0 Å². The number of aliphatic hydroxyl groups is 1. The largest absolute Gasteiger partial charge is 0.462 e. The molecule has 0 aromatic heterocycles. The highest BCUT2D eigenvalue weighted by Crippen LogP contribution is 2.46. The van der Waals surface area contributed by atoms with E-state index in [1.165, 1.54) is 0 Å². The first-order chi connectivity index (χ1) is 12.2. The summed E-state index contributed by atoms with van der Waals surface area (Å²) in [7, 11) is 0. The van der Waals surface area contributed by atoms with Crippen molar-refractivity contribution < 1.29 is 28.9 Å². The second-order valence-corrected chi connectivity index (χ2v) is 8.39. The van der Waals surface area contributed by atoms with E-state index < -0.39 is 12.4 Å². The van der Waals surface area contributed by atoms with Crippen LogP contribution in [-0.4, -0.2) is 36.0 Å². The molecule has 0 unspecified atom stereocenters. The van der Waals surface area contributed by atoms with Crippen LogP contribution in [0.5, 0.6) is 0 Å². The molecule has 0 saturated heterocycles. The highest BCUT2D eigenvalue weighted by atomic mass is 16.7. The second kappa shape index (κ2) is 8.89. The third-order valence-electron chi connectivity index (χ3n) is 5.12. The summed E-state index contributed by atoms with van der Waals surface area (Å²) in [4.78, 5) is 23.9. The number of esters is 2. The average molecular weight is 368 g/mol. The lowest BCUT2D eigenvalue weighted by atomic mass is 9.83. The number of rotatable bonds is 7. The molecule has 6 heteroatoms. The van der Waals surface area contributed by atoms with Crippen molar-refractivity contribution in [1.29, 1.82) is 0 Å². The number of hydrogen-bond acceptors (Lipinski definition) is 6. The van der Waals surface area contributed by atoms with Crippen LogP contribution in [0.4, 0.5) is 0 Å². The summed E-state index contributed by atoms with van der Waals surface area (Å²) in [5.41, 5.74) is 0.840. The predicted molar refractivity (Wildman–Crippen MR) is 95.7 cm³/mol. The predicted octanol–water partition coefficient (Wildman–Crippen LogP) is 3.04. The fourth-order valence-corrected chi connectivity index (χ4v) is 3.74. The molecule has 148 valence electrons. The number of fused-ring (bicyclic) bond motifs is 1. The molecule has 6 nitrogen and oxygen atoms in total. The van der Waals surface area contributed by atoms with Gasteiger partial charge in [-0.3, -0.25) is 9.59 Å². The summed E-state index contributed by atoms with van der Waals surface area (Å²) in [5, 5.41) is 10.3. The van der Waals surface area contributed by atoms with Crippen LogP contribution in [0.25, 0.3) is 0 Å². The second-order valence-electron chi connectivity index (χ2n) is 8.39. The number of carbonyl (C=O) groups excluding carboxylic acids is 2. The number of aliphatic hydroxyl groups excluding tert-OH is 1. The minimum absolute atomic E-state index is 0.0163. The van der Waals surface area contributed by atoms with Gasteiger partial charge in [0.1, 0.15) is 6.61 Å². The topological polar surface area (TPSA) is 82.1 Å². The van der Waals surface area contributed by atoms with Crippen LogP contribution in [0, 0.1) is 29.6 Å². The lowest BCUT2D eigenvalue weighted by Gasteiger charge is -2.35. The van der Waals surface area contributed by atoms with Crippen molar-refractivity contribution in [3.8, 4) is 0 Å². The van der Waals surface area contributed by atoms with Crippen molar-refractivity contribution >= 4 is 11.9 Å². The van der Waals surface area contributed by atoms with E-state index in [1.54, 1.807) is 6.26 Å². The van der Waals surface area contributed by atoms with Crippen molar-refractivity contribution in [3.63, 3.8) is 0 Å². The van der Waals surface area contributed by atoms with Gasteiger partial charge in [0, 0.05) is 24.3 Å². The molecular formula is C20H32O6. The third kappa shape index (κ3) is 5.22. The van der Waals surface area contributed by atoms with Crippen molar-refractivity contribution in [3.05, 3.63) is 11.8 Å². The first-order valence-corrected chi connectivity index (χ1v) is 9.56. The molecular weight excluding hydrogens is 336 g/mol. The number of carbonyl (C=O) groups is 2. The van der Waals surface area contributed by atoms with Crippen molar-refractivity contribution in [2.24, 2.45) is 29.6 Å². The Kier molecular flexibility index (Phi) is 7.09. The zero-order valence-corrected chi connectivity index (χ0v) is 16.4. The van der Waals surface area contributed by atoms with E-state index in [9.17, 15) is 14.7 Å². The zero-order valence-electron chi connectivity index (χ0n) is 16.4. The maximum Gasteiger partial charge on any atom is 0.309 e. The van der Waals surface area contributed by atoms with Crippen molar-refractivity contribution in [2.45, 2.75) is 66.3 Å². The standard InChI is InChI=1S/C20H32O6/c1-11(2)6-17(22)24-9-14-10-25-20(26-18(23)7-12(3)4)19-13(5)16(21)8-15(14)19/h10-13,15-16,19-21H,6-9H2,1-5H3/t13-,15+,16-,19+,20-/m1/s1. The fourth-order valence-electron chi connectivity index (χ4n) is 3.74. The minimum Gasteiger partial charge on any atom is -0.462 e. The molecule has 1 aliphatic heterocycles. The van der Waals surface area contributed by atoms with Crippen LogP contribution in [0.1, 0.15) is 53.9 Å². The van der Waals surface area contributed by atoms with Crippen LogP contribution in [0.3, 0.4) is 0 Å². The molecule has 0 aromatic rings. The maximum atomic E-state index is 12.0. The monoisotopic (exact) mass is 368 g/mol. The molecule has 1 fully saturated rings. The molecule has 1 saturated carbocycles. The van der Waals surface area contributed by atoms with Gasteiger partial charge in [-0.25, -0.2) is 0 Å². The molecule has 1 heterocycles. The van der Waals surface area contributed by atoms with Gasteiger partial charge in [-0.15, -0.1) is 0 Å². The van der Waals surface area contributed by atoms with Crippen LogP contribution in [-0.2, 0) is 23.8 Å². The van der Waals surface area contributed by atoms with Gasteiger partial charge in [-0.05, 0) is 30.1 Å². The Balaban J connectivity index is 2.04. The molecule has 1 aliphatic carbocycles. The summed E-state index contributed by atoms with van der Waals surface area (Å²) in [5.74, 6) is -0.300. The molecule has 0 amide bonds. The van der Waals surface area contributed by atoms with Crippen LogP contribution >= 0.6 is 0 Å². The molecule has 0 aromatic carbocycles. The average Bonchev–Trinajstić information content (AvgIpc) is 2.81. The summed E-state index contributed by atoms with van der Waals surface area (Å²) >= 11 is 0. The molecule has 26 heavy (non-hydrogen) atoms. The van der Waals surface area contributed by atoms with Crippen molar-refractivity contribution in [2.75, 3.05) is 6.61 Å². The Hall–Kier alpha value is -1.56. The summed E-state index contributed by atoms with van der Waals surface area (Å²) in [6.07, 6.45) is 1.61. The van der Waals surface area contributed by atoms with Gasteiger partial charge in [0.2, 0.25) is 6.29 Å². The van der Waals surface area contributed by atoms with E-state index in [0.29, 0.717) is 19.3 Å². The summed E-state index contributed by atoms with van der Waals surface area (Å²) in [6, 6.07) is 0. The molecule has 1 N–H and O–H groups in total. The lowest BCUT2D eigenvalue weighted by molar-refractivity contribution is -0.189. The Morgan fingerprint density at radius 1 is 1.19 bits per heavy atom. The van der Waals surface area contributed by atoms with Crippen LogP contribution in [0.15, 0.2) is 11.8 Å². The quantitative estimate of drug-likeness (QED) is 0.696. The maximum absolute atomic E-state index is 12.0. The zero-order chi connectivity index (χ0) is 19.4. The Bertz CT molecular complexity index is 538. The Morgan fingerprint density at radius 3 is 2.42 bits per heavy atom. The molecule has 0 bridgehead atoms. The molecule has 2 rings (SSSR count). The van der Waals surface area contributed by atoms with Gasteiger partial charge >= 0.3 is 11.9 Å². The van der Waals surface area contributed by atoms with Gasteiger partial charge < -0.3 is 19.3 Å². The smallest absolute Gasteiger partial charge is 0.309 e. The van der Waals surface area contributed by atoms with Gasteiger partial charge in [0.05, 0.1) is 12.4 Å². The molecule has 2 aliphatic rings. The highest BCUT2D eigenvalue weighted by molar-refractivity contribution is 5.70. The van der Waals surface area contributed by atoms with Gasteiger partial charge in [0.15, 0.2) is 0 Å². The number of hydrogen-bond donors (Lipinski definition) is 1. The number of ether oxygens (including phenoxy) is 3. The summed E-state index contributed by atoms with van der Waals surface area (Å²) < 4.78 is 16.6.